The van der Waals surface area contributed by atoms with E-state index < -0.39 is 47.5 Å². The van der Waals surface area contributed by atoms with Crippen LogP contribution in [0, 0.1) is 34.1 Å². The second-order valence-corrected chi connectivity index (χ2v) is 18.1. The van der Waals surface area contributed by atoms with E-state index in [1.54, 1.807) is 0 Å². The molecule has 0 spiro atoms. The van der Waals surface area contributed by atoms with Crippen LogP contribution in [0.1, 0.15) is 74.6 Å². The van der Waals surface area contributed by atoms with Crippen molar-refractivity contribution in [3.05, 3.63) is 97.1 Å². The van der Waals surface area contributed by atoms with Gasteiger partial charge in [0, 0.05) is 61.8 Å². The van der Waals surface area contributed by atoms with Crippen molar-refractivity contribution in [3.63, 3.8) is 0 Å². The molecule has 56 heavy (non-hydrogen) atoms. The topological polar surface area (TPSA) is 172 Å². The summed E-state index contributed by atoms with van der Waals surface area (Å²) < 4.78 is 36.0. The van der Waals surface area contributed by atoms with E-state index in [2.05, 4.69) is 39.0 Å². The summed E-state index contributed by atoms with van der Waals surface area (Å²) in [5.41, 5.74) is 4.19. The van der Waals surface area contributed by atoms with Crippen LogP contribution in [0.15, 0.2) is 59.5 Å². The Labute approximate surface area is 327 Å². The lowest BCUT2D eigenvalue weighted by Crippen LogP contribution is -2.45. The number of H-pyrrole nitrogens is 1. The number of carbonyl (C=O) groups is 1. The van der Waals surface area contributed by atoms with Gasteiger partial charge in [-0.2, -0.15) is 4.31 Å². The number of morpholine rings is 1. The number of nitrogens with zero attached hydrogens (tertiary/aromatic N) is 5. The van der Waals surface area contributed by atoms with Gasteiger partial charge in [0.25, 0.3) is 11.4 Å². The number of rotatable bonds is 13. The Morgan fingerprint density at radius 2 is 1.59 bits per heavy atom. The number of carbonyl (C=O) groups excluding carboxylic acids is 1. The van der Waals surface area contributed by atoms with E-state index in [-0.39, 0.29) is 31.1 Å². The van der Waals surface area contributed by atoms with Crippen molar-refractivity contribution in [2.75, 3.05) is 45.9 Å². The van der Waals surface area contributed by atoms with Gasteiger partial charge in [0.05, 0.1) is 40.2 Å². The quantitative estimate of drug-likeness (QED) is 0.113. The van der Waals surface area contributed by atoms with Crippen LogP contribution in [0.5, 0.6) is 0 Å². The summed E-state index contributed by atoms with van der Waals surface area (Å²) in [6.07, 6.45) is 4.16. The number of nitro benzene ring substituents is 2. The summed E-state index contributed by atoms with van der Waals surface area (Å²) in [7, 11) is -4.56. The Kier molecular flexibility index (Phi) is 10.8. The number of nitrogens with one attached hydrogen (secondary N) is 1. The van der Waals surface area contributed by atoms with Crippen molar-refractivity contribution in [2.45, 2.75) is 88.6 Å². The minimum atomic E-state index is -4.56. The molecule has 3 aromatic carbocycles. The van der Waals surface area contributed by atoms with Gasteiger partial charge in [0.1, 0.15) is 0 Å². The first-order chi connectivity index (χ1) is 26.6. The Hall–Kier alpha value is -4.70. The zero-order valence-electron chi connectivity index (χ0n) is 32.6. The maximum Gasteiger partial charge on any atom is 0.296 e. The molecule has 1 N–H and O–H groups in total. The van der Waals surface area contributed by atoms with E-state index in [9.17, 15) is 33.4 Å². The summed E-state index contributed by atoms with van der Waals surface area (Å²) in [5.74, 6) is -0.341. The molecule has 1 unspecified atom stereocenters. The highest BCUT2D eigenvalue weighted by atomic mass is 32.2. The predicted octanol–water partition coefficient (Wildman–Crippen LogP) is 6.83. The number of fused-ring (bicyclic) bond motifs is 3. The molecule has 15 heteroatoms. The summed E-state index contributed by atoms with van der Waals surface area (Å²) in [5, 5.41) is 24.6. The molecular formula is C41H50N6O8S. The number of amides is 1. The average Bonchev–Trinajstić information content (AvgIpc) is 3.88. The molecule has 4 aromatic rings. The first-order valence-electron chi connectivity index (χ1n) is 19.4. The molecule has 4 heterocycles. The highest BCUT2D eigenvalue weighted by Gasteiger charge is 2.47. The molecule has 0 saturated carbocycles. The van der Waals surface area contributed by atoms with Gasteiger partial charge in [-0.1, -0.05) is 30.2 Å². The SMILES string of the molecule is Cc1cc(C)cc(-c2[nH]c3ccc(C(C)(C)C(=O)N4C5CCC4CC5)cc3c2C(C)CN(CCN2CCOCC2)S(=O)(=O)c2ccc([N+](=O)[O-])cc2[N+](=O)[O-])c1. The van der Waals surface area contributed by atoms with Crippen LogP contribution in [-0.4, -0.2) is 101 Å². The van der Waals surface area contributed by atoms with Crippen molar-refractivity contribution >= 4 is 38.2 Å². The third kappa shape index (κ3) is 7.44. The molecule has 0 aliphatic carbocycles. The Bertz CT molecular complexity index is 2260. The molecule has 3 saturated heterocycles. The van der Waals surface area contributed by atoms with E-state index in [0.717, 1.165) is 82.2 Å². The molecule has 298 valence electrons. The largest absolute Gasteiger partial charge is 0.379 e. The van der Waals surface area contributed by atoms with Crippen molar-refractivity contribution in [2.24, 2.45) is 0 Å². The van der Waals surface area contributed by atoms with E-state index in [1.165, 1.54) is 4.31 Å². The van der Waals surface area contributed by atoms with Crippen LogP contribution in [0.3, 0.4) is 0 Å². The van der Waals surface area contributed by atoms with Crippen LogP contribution in [0.4, 0.5) is 11.4 Å². The monoisotopic (exact) mass is 786 g/mol. The molecule has 7 rings (SSSR count). The van der Waals surface area contributed by atoms with Crippen molar-refractivity contribution in [3.8, 4) is 11.3 Å². The molecule has 1 atom stereocenters. The second kappa shape index (κ2) is 15.3. The van der Waals surface area contributed by atoms with Crippen molar-refractivity contribution in [1.29, 1.82) is 0 Å². The first-order valence-corrected chi connectivity index (χ1v) is 20.8. The third-order valence-corrected chi connectivity index (χ3v) is 13.9. The lowest BCUT2D eigenvalue weighted by atomic mass is 9.81. The molecule has 2 bridgehead atoms. The summed E-state index contributed by atoms with van der Waals surface area (Å²) in [6, 6.07) is 15.5. The second-order valence-electron chi connectivity index (χ2n) is 16.2. The molecule has 0 radical (unpaired) electrons. The number of aromatic nitrogens is 1. The Balaban J connectivity index is 1.33. The van der Waals surface area contributed by atoms with Crippen molar-refractivity contribution < 1.29 is 27.8 Å². The van der Waals surface area contributed by atoms with Crippen LogP contribution in [0.25, 0.3) is 22.2 Å². The van der Waals surface area contributed by atoms with Gasteiger partial charge in [-0.05, 0) is 106 Å². The first kappa shape index (κ1) is 39.5. The number of benzene rings is 3. The molecular weight excluding hydrogens is 737 g/mol. The number of aromatic amines is 1. The van der Waals surface area contributed by atoms with Gasteiger partial charge in [-0.25, -0.2) is 8.42 Å². The normalized spacial score (nSPS) is 19.6. The average molecular weight is 787 g/mol. The van der Waals surface area contributed by atoms with Crippen LogP contribution < -0.4 is 0 Å². The molecule has 1 aromatic heterocycles. The molecule has 3 aliphatic rings. The van der Waals surface area contributed by atoms with Gasteiger partial charge in [0.2, 0.25) is 15.9 Å². The summed E-state index contributed by atoms with van der Waals surface area (Å²) >= 11 is 0. The number of hydrogen-bond acceptors (Lipinski definition) is 9. The van der Waals surface area contributed by atoms with E-state index in [0.29, 0.717) is 38.9 Å². The number of aryl methyl sites for hydroxylation is 2. The lowest BCUT2D eigenvalue weighted by Gasteiger charge is -2.33. The molecule has 3 aliphatic heterocycles. The zero-order chi connectivity index (χ0) is 40.1. The standard InChI is InChI=1S/C41H50N6O8S/c1-26-20-27(2)22-29(21-26)39-38(34-23-30(6-12-35(34)42-39)41(4,5)40(48)45-31-7-8-32(45)10-9-31)28(3)25-44(15-14-43-16-18-55-19-17-43)56(53,54)37-13-11-33(46(49)50)24-36(37)47(51)52/h6,11-13,20-24,28,31-32,42H,7-10,14-19,25H2,1-5H3. The maximum absolute atomic E-state index is 14.6. The highest BCUT2D eigenvalue weighted by Crippen LogP contribution is 2.43. The fourth-order valence-electron chi connectivity index (χ4n) is 9.05. The van der Waals surface area contributed by atoms with E-state index in [1.807, 2.05) is 46.8 Å². The number of non-ortho nitro benzene ring substituents is 1. The smallest absolute Gasteiger partial charge is 0.296 e. The van der Waals surface area contributed by atoms with Gasteiger partial charge in [0.15, 0.2) is 4.90 Å². The summed E-state index contributed by atoms with van der Waals surface area (Å²) in [6.45, 7) is 12.5. The Morgan fingerprint density at radius 1 is 0.946 bits per heavy atom. The lowest BCUT2D eigenvalue weighted by molar-refractivity contribution is -0.396. The van der Waals surface area contributed by atoms with Crippen LogP contribution >= 0.6 is 0 Å². The van der Waals surface area contributed by atoms with Gasteiger partial charge >= 0.3 is 0 Å². The van der Waals surface area contributed by atoms with Gasteiger partial charge < -0.3 is 14.6 Å². The minimum absolute atomic E-state index is 0.0208. The van der Waals surface area contributed by atoms with E-state index in [4.69, 9.17) is 4.74 Å². The molecule has 1 amide bonds. The number of sulfonamides is 1. The van der Waals surface area contributed by atoms with Gasteiger partial charge in [-0.15, -0.1) is 0 Å². The fourth-order valence-corrected chi connectivity index (χ4v) is 10.7. The zero-order valence-corrected chi connectivity index (χ0v) is 33.4. The van der Waals surface area contributed by atoms with E-state index >= 15 is 0 Å². The minimum Gasteiger partial charge on any atom is -0.379 e. The van der Waals surface area contributed by atoms with Crippen LogP contribution in [-0.2, 0) is 25.0 Å². The Morgan fingerprint density at radius 3 is 2.20 bits per heavy atom. The van der Waals surface area contributed by atoms with Gasteiger partial charge in [-0.3, -0.25) is 29.9 Å². The maximum atomic E-state index is 14.6. The third-order valence-electron chi connectivity index (χ3n) is 12.0. The fraction of sp³-hybridized carbons (Fsp3) is 0.488. The molecule has 3 fully saturated rings. The van der Waals surface area contributed by atoms with Crippen LogP contribution in [0.2, 0.25) is 0 Å². The predicted molar refractivity (Wildman–Crippen MR) is 213 cm³/mol. The number of hydrogen-bond donors (Lipinski definition) is 1. The highest BCUT2D eigenvalue weighted by molar-refractivity contribution is 7.89. The molecule has 14 nitrogen and oxygen atoms in total. The number of nitro groups is 2. The summed E-state index contributed by atoms with van der Waals surface area (Å²) in [4.78, 5) is 43.6. The van der Waals surface area contributed by atoms with Crippen molar-refractivity contribution in [1.82, 2.24) is 19.1 Å². The number of ether oxygens (including phenoxy) is 1.